The molecule has 0 spiro atoms. The lowest BCUT2D eigenvalue weighted by atomic mass is 9.97. The minimum atomic E-state index is 0.558. The Bertz CT molecular complexity index is 425. The number of likely N-dealkylation sites (N-methyl/N-ethyl adjacent to an activating group) is 1. The summed E-state index contributed by atoms with van der Waals surface area (Å²) in [6.07, 6.45) is 1.12. The zero-order valence-corrected chi connectivity index (χ0v) is 11.4. The molecule has 1 fully saturated rings. The number of hydrogen-bond acceptors (Lipinski definition) is 3. The van der Waals surface area contributed by atoms with Crippen LogP contribution in [0.4, 0.5) is 0 Å². The van der Waals surface area contributed by atoms with Crippen molar-refractivity contribution in [3.63, 3.8) is 0 Å². The van der Waals surface area contributed by atoms with E-state index in [9.17, 15) is 0 Å². The van der Waals surface area contributed by atoms with E-state index in [1.54, 1.807) is 0 Å². The maximum absolute atomic E-state index is 5.81. The van der Waals surface area contributed by atoms with Crippen LogP contribution in [0.15, 0.2) is 18.2 Å². The van der Waals surface area contributed by atoms with E-state index in [0.717, 1.165) is 18.8 Å². The van der Waals surface area contributed by atoms with E-state index in [1.165, 1.54) is 37.3 Å². The van der Waals surface area contributed by atoms with E-state index in [4.69, 9.17) is 4.74 Å². The van der Waals surface area contributed by atoms with Crippen LogP contribution in [0.2, 0.25) is 0 Å². The molecule has 2 heterocycles. The fourth-order valence-corrected chi connectivity index (χ4v) is 2.99. The van der Waals surface area contributed by atoms with Crippen LogP contribution >= 0.6 is 0 Å². The van der Waals surface area contributed by atoms with Crippen molar-refractivity contribution < 1.29 is 4.74 Å². The van der Waals surface area contributed by atoms with Crippen molar-refractivity contribution >= 4 is 0 Å². The van der Waals surface area contributed by atoms with Crippen LogP contribution in [-0.4, -0.2) is 49.6 Å². The van der Waals surface area contributed by atoms with Gasteiger partial charge in [0, 0.05) is 44.2 Å². The molecule has 0 radical (unpaired) electrons. The highest BCUT2D eigenvalue weighted by Crippen LogP contribution is 2.36. The predicted molar refractivity (Wildman–Crippen MR) is 73.1 cm³/mol. The summed E-state index contributed by atoms with van der Waals surface area (Å²) >= 11 is 0. The lowest BCUT2D eigenvalue weighted by molar-refractivity contribution is 0.0855. The quantitative estimate of drug-likeness (QED) is 0.754. The van der Waals surface area contributed by atoms with Gasteiger partial charge in [-0.2, -0.15) is 0 Å². The van der Waals surface area contributed by atoms with Gasteiger partial charge in [-0.1, -0.05) is 12.1 Å². The number of benzene rings is 1. The molecule has 0 unspecified atom stereocenters. The summed E-state index contributed by atoms with van der Waals surface area (Å²) in [5.41, 5.74) is 2.67. The molecular formula is C15H22N2O. The lowest BCUT2D eigenvalue weighted by Gasteiger charge is -2.40. The molecule has 0 bridgehead atoms. The highest BCUT2D eigenvalue weighted by atomic mass is 16.5. The van der Waals surface area contributed by atoms with Gasteiger partial charge in [0.1, 0.15) is 5.75 Å². The largest absolute Gasteiger partial charge is 0.493 e. The number of fused-ring (bicyclic) bond motifs is 1. The van der Waals surface area contributed by atoms with Crippen molar-refractivity contribution in [1.82, 2.24) is 9.80 Å². The third-order valence-electron chi connectivity index (χ3n) is 4.16. The van der Waals surface area contributed by atoms with Gasteiger partial charge in [-0.05, 0) is 25.6 Å². The van der Waals surface area contributed by atoms with Gasteiger partial charge in [0.15, 0.2) is 0 Å². The Morgan fingerprint density at radius 3 is 2.72 bits per heavy atom. The van der Waals surface area contributed by atoms with Crippen LogP contribution in [0.1, 0.15) is 23.6 Å². The van der Waals surface area contributed by atoms with E-state index >= 15 is 0 Å². The van der Waals surface area contributed by atoms with Gasteiger partial charge in [-0.25, -0.2) is 0 Å². The highest BCUT2D eigenvalue weighted by molar-refractivity contribution is 5.40. The molecule has 0 N–H and O–H groups in total. The topological polar surface area (TPSA) is 15.7 Å². The first kappa shape index (κ1) is 12.0. The third kappa shape index (κ3) is 2.25. The molecule has 2 aliphatic heterocycles. The second-order valence-electron chi connectivity index (χ2n) is 5.53. The summed E-state index contributed by atoms with van der Waals surface area (Å²) in [6.45, 7) is 7.69. The van der Waals surface area contributed by atoms with Crippen LogP contribution in [0.3, 0.4) is 0 Å². The molecule has 0 aliphatic carbocycles. The molecule has 1 saturated heterocycles. The van der Waals surface area contributed by atoms with Crippen molar-refractivity contribution in [2.45, 2.75) is 19.4 Å². The second-order valence-corrected chi connectivity index (χ2v) is 5.53. The van der Waals surface area contributed by atoms with Crippen molar-refractivity contribution in [3.8, 4) is 5.75 Å². The summed E-state index contributed by atoms with van der Waals surface area (Å²) in [5, 5.41) is 0. The molecule has 0 amide bonds. The van der Waals surface area contributed by atoms with Crippen LogP contribution in [0.25, 0.3) is 0 Å². The molecule has 2 aliphatic rings. The average molecular weight is 246 g/mol. The van der Waals surface area contributed by atoms with Gasteiger partial charge in [0.2, 0.25) is 0 Å². The predicted octanol–water partition coefficient (Wildman–Crippen LogP) is 2.07. The van der Waals surface area contributed by atoms with E-state index in [-0.39, 0.29) is 0 Å². The Hall–Kier alpha value is -1.06. The van der Waals surface area contributed by atoms with Gasteiger partial charge >= 0.3 is 0 Å². The molecule has 3 heteroatoms. The van der Waals surface area contributed by atoms with Gasteiger partial charge < -0.3 is 9.64 Å². The normalized spacial score (nSPS) is 25.6. The molecule has 3 nitrogen and oxygen atoms in total. The first-order chi connectivity index (χ1) is 8.74. The molecule has 3 rings (SSSR count). The summed E-state index contributed by atoms with van der Waals surface area (Å²) in [5.74, 6) is 1.10. The van der Waals surface area contributed by atoms with Crippen LogP contribution in [-0.2, 0) is 0 Å². The van der Waals surface area contributed by atoms with Gasteiger partial charge in [-0.15, -0.1) is 0 Å². The van der Waals surface area contributed by atoms with E-state index < -0.39 is 0 Å². The Labute approximate surface area is 109 Å². The third-order valence-corrected chi connectivity index (χ3v) is 4.16. The molecule has 18 heavy (non-hydrogen) atoms. The fourth-order valence-electron chi connectivity index (χ4n) is 2.99. The van der Waals surface area contributed by atoms with Gasteiger partial charge in [0.05, 0.1) is 6.61 Å². The van der Waals surface area contributed by atoms with Gasteiger partial charge in [0.25, 0.3) is 0 Å². The molecule has 0 saturated carbocycles. The number of rotatable bonds is 1. The second kappa shape index (κ2) is 4.90. The first-order valence-corrected chi connectivity index (χ1v) is 6.90. The van der Waals surface area contributed by atoms with Crippen LogP contribution in [0, 0.1) is 6.92 Å². The lowest BCUT2D eigenvalue weighted by Crippen LogP contribution is -2.46. The molecule has 1 aromatic rings. The molecule has 1 atom stereocenters. The Kier molecular flexibility index (Phi) is 3.27. The number of ether oxygens (including phenoxy) is 1. The van der Waals surface area contributed by atoms with Crippen molar-refractivity contribution in [1.29, 1.82) is 0 Å². The van der Waals surface area contributed by atoms with Crippen molar-refractivity contribution in [2.24, 2.45) is 0 Å². The van der Waals surface area contributed by atoms with E-state index in [2.05, 4.69) is 42.0 Å². The average Bonchev–Trinajstić information content (AvgIpc) is 2.38. The van der Waals surface area contributed by atoms with Crippen molar-refractivity contribution in [2.75, 3.05) is 39.8 Å². The number of aryl methyl sites for hydroxylation is 1. The summed E-state index contributed by atoms with van der Waals surface area (Å²) in [4.78, 5) is 5.03. The Morgan fingerprint density at radius 2 is 1.94 bits per heavy atom. The first-order valence-electron chi connectivity index (χ1n) is 6.90. The summed E-state index contributed by atoms with van der Waals surface area (Å²) < 4.78 is 5.81. The van der Waals surface area contributed by atoms with Crippen molar-refractivity contribution in [3.05, 3.63) is 29.3 Å². The minimum absolute atomic E-state index is 0.558. The number of hydrogen-bond donors (Lipinski definition) is 0. The number of piperazine rings is 1. The summed E-state index contributed by atoms with van der Waals surface area (Å²) in [7, 11) is 2.21. The smallest absolute Gasteiger partial charge is 0.124 e. The van der Waals surface area contributed by atoms with Gasteiger partial charge in [-0.3, -0.25) is 4.90 Å². The monoisotopic (exact) mass is 246 g/mol. The minimum Gasteiger partial charge on any atom is -0.493 e. The Morgan fingerprint density at radius 1 is 1.17 bits per heavy atom. The highest BCUT2D eigenvalue weighted by Gasteiger charge is 2.28. The fraction of sp³-hybridized carbons (Fsp3) is 0.600. The molecular weight excluding hydrogens is 224 g/mol. The number of nitrogens with zero attached hydrogens (tertiary/aromatic N) is 2. The SMILES string of the molecule is Cc1ccc2c(c1)OCC[C@@H]2N1CCN(C)CC1. The van der Waals surface area contributed by atoms with E-state index in [0.29, 0.717) is 6.04 Å². The molecule has 98 valence electrons. The molecule has 0 aromatic heterocycles. The van der Waals surface area contributed by atoms with Crippen LogP contribution < -0.4 is 4.74 Å². The maximum atomic E-state index is 5.81. The van der Waals surface area contributed by atoms with E-state index in [1.807, 2.05) is 0 Å². The molecule has 1 aromatic carbocycles. The zero-order chi connectivity index (χ0) is 12.5. The van der Waals surface area contributed by atoms with Crippen LogP contribution in [0.5, 0.6) is 5.75 Å². The zero-order valence-electron chi connectivity index (χ0n) is 11.4. The maximum Gasteiger partial charge on any atom is 0.124 e. The summed E-state index contributed by atoms with van der Waals surface area (Å²) in [6, 6.07) is 7.20. The standard InChI is InChI=1S/C15H22N2O/c1-12-3-4-13-14(5-10-18-15(13)11-12)17-8-6-16(2)7-9-17/h3-4,11,14H,5-10H2,1-2H3/t14-/m0/s1. The Balaban J connectivity index is 1.82.